The number of nitrogens with one attached hydrogen (secondary N) is 1. The number of carbonyl (C=O) groups excluding carboxylic acids is 2. The molecular formula is C25H25NO4S. The molecule has 2 aromatic carbocycles. The summed E-state index contributed by atoms with van der Waals surface area (Å²) in [4.78, 5) is 28.4. The Balaban J connectivity index is 1.62. The van der Waals surface area contributed by atoms with Crippen LogP contribution in [0.15, 0.2) is 48.5 Å². The van der Waals surface area contributed by atoms with E-state index in [1.807, 2.05) is 36.4 Å². The van der Waals surface area contributed by atoms with Gasteiger partial charge in [0.05, 0.1) is 19.8 Å². The van der Waals surface area contributed by atoms with Gasteiger partial charge in [-0.25, -0.2) is 0 Å². The lowest BCUT2D eigenvalue weighted by Crippen LogP contribution is -2.17. The molecule has 0 atom stereocenters. The minimum absolute atomic E-state index is 0.0176. The highest BCUT2D eigenvalue weighted by Gasteiger charge is 2.26. The minimum atomic E-state index is -0.155. The molecule has 5 nitrogen and oxygen atoms in total. The Morgan fingerprint density at radius 3 is 2.45 bits per heavy atom. The summed E-state index contributed by atoms with van der Waals surface area (Å²) in [6.07, 6.45) is 4.24. The third-order valence-corrected chi connectivity index (χ3v) is 6.82. The Morgan fingerprint density at radius 2 is 1.71 bits per heavy atom. The molecule has 0 saturated heterocycles. The van der Waals surface area contributed by atoms with Crippen molar-refractivity contribution >= 4 is 28.7 Å². The fourth-order valence-electron chi connectivity index (χ4n) is 3.92. The minimum Gasteiger partial charge on any atom is -0.497 e. The number of ketones is 1. The van der Waals surface area contributed by atoms with E-state index in [-0.39, 0.29) is 18.1 Å². The van der Waals surface area contributed by atoms with Crippen molar-refractivity contribution in [1.29, 1.82) is 0 Å². The number of anilines is 1. The van der Waals surface area contributed by atoms with Gasteiger partial charge in [-0.3, -0.25) is 9.59 Å². The van der Waals surface area contributed by atoms with E-state index in [1.54, 1.807) is 37.7 Å². The number of Topliss-reactive ketones (excluding diaryl/α,β-unsaturated/α-hetero) is 1. The number of benzene rings is 2. The topological polar surface area (TPSA) is 64.6 Å². The molecule has 31 heavy (non-hydrogen) atoms. The zero-order valence-corrected chi connectivity index (χ0v) is 18.5. The quantitative estimate of drug-likeness (QED) is 0.510. The normalized spacial score (nSPS) is 12.7. The Labute approximate surface area is 186 Å². The Bertz CT molecular complexity index is 1100. The number of ether oxygens (including phenoxy) is 2. The molecule has 3 aromatic rings. The number of thiophene rings is 1. The maximum atomic E-state index is 13.3. The van der Waals surface area contributed by atoms with Crippen LogP contribution in [0, 0.1) is 0 Å². The van der Waals surface area contributed by atoms with Gasteiger partial charge in [0.25, 0.3) is 5.91 Å². The highest BCUT2D eigenvalue weighted by Crippen LogP contribution is 2.36. The first-order valence-electron chi connectivity index (χ1n) is 10.3. The molecule has 1 aliphatic rings. The van der Waals surface area contributed by atoms with Crippen LogP contribution in [0.4, 0.5) is 5.69 Å². The van der Waals surface area contributed by atoms with Crippen LogP contribution >= 0.6 is 11.3 Å². The zero-order valence-electron chi connectivity index (χ0n) is 17.7. The second kappa shape index (κ2) is 9.35. The molecule has 0 radical (unpaired) electrons. The summed E-state index contributed by atoms with van der Waals surface area (Å²) in [6.45, 7) is 0. The van der Waals surface area contributed by atoms with Crippen molar-refractivity contribution in [2.75, 3.05) is 19.5 Å². The Kier molecular flexibility index (Phi) is 6.37. The Hall–Kier alpha value is -3.12. The molecule has 1 N–H and O–H groups in total. The van der Waals surface area contributed by atoms with Gasteiger partial charge in [0, 0.05) is 27.4 Å². The molecule has 0 unspecified atom stereocenters. The molecular weight excluding hydrogens is 410 g/mol. The van der Waals surface area contributed by atoms with Crippen molar-refractivity contribution < 1.29 is 19.1 Å². The summed E-state index contributed by atoms with van der Waals surface area (Å²) in [6, 6.07) is 14.4. The van der Waals surface area contributed by atoms with E-state index in [2.05, 4.69) is 5.32 Å². The fourth-order valence-corrected chi connectivity index (χ4v) is 5.32. The van der Waals surface area contributed by atoms with Gasteiger partial charge in [0.2, 0.25) is 0 Å². The standard InChI is InChI=1S/C25H25NO4S/c1-29-18-12-10-17(11-13-18)26-25(28)24-20-8-3-4-9-22(20)31-23(24)15-21(27)16-6-5-7-19(14-16)30-2/h5-7,10-14H,3-4,8-9,15H2,1-2H3,(H,26,28). The lowest BCUT2D eigenvalue weighted by atomic mass is 9.93. The van der Waals surface area contributed by atoms with Crippen molar-refractivity contribution in [3.05, 3.63) is 75.0 Å². The maximum Gasteiger partial charge on any atom is 0.257 e. The number of rotatable bonds is 7. The van der Waals surface area contributed by atoms with Crippen LogP contribution in [0.1, 0.15) is 48.9 Å². The van der Waals surface area contributed by atoms with Crippen molar-refractivity contribution in [1.82, 2.24) is 0 Å². The van der Waals surface area contributed by atoms with E-state index in [1.165, 1.54) is 4.88 Å². The maximum absolute atomic E-state index is 13.3. The summed E-state index contributed by atoms with van der Waals surface area (Å²) in [7, 11) is 3.19. The van der Waals surface area contributed by atoms with Gasteiger partial charge in [-0.1, -0.05) is 12.1 Å². The molecule has 1 heterocycles. The first kappa shape index (κ1) is 21.1. The fraction of sp³-hybridized carbons (Fsp3) is 0.280. The average molecular weight is 436 g/mol. The number of carbonyl (C=O) groups is 2. The molecule has 160 valence electrons. The molecule has 0 aliphatic heterocycles. The van der Waals surface area contributed by atoms with Crippen LogP contribution in [0.25, 0.3) is 0 Å². The van der Waals surface area contributed by atoms with Crippen LogP contribution < -0.4 is 14.8 Å². The molecule has 1 aliphatic carbocycles. The van der Waals surface area contributed by atoms with Gasteiger partial charge in [0.15, 0.2) is 5.78 Å². The van der Waals surface area contributed by atoms with E-state index in [9.17, 15) is 9.59 Å². The van der Waals surface area contributed by atoms with Crippen LogP contribution in [-0.4, -0.2) is 25.9 Å². The van der Waals surface area contributed by atoms with Gasteiger partial charge in [-0.15, -0.1) is 11.3 Å². The van der Waals surface area contributed by atoms with Gasteiger partial charge < -0.3 is 14.8 Å². The summed E-state index contributed by atoms with van der Waals surface area (Å²) in [5.41, 5.74) is 3.07. The summed E-state index contributed by atoms with van der Waals surface area (Å²) >= 11 is 1.61. The lowest BCUT2D eigenvalue weighted by Gasteiger charge is -2.13. The van der Waals surface area contributed by atoms with Crippen LogP contribution in [-0.2, 0) is 19.3 Å². The highest BCUT2D eigenvalue weighted by molar-refractivity contribution is 7.12. The number of hydrogen-bond donors (Lipinski definition) is 1. The van der Waals surface area contributed by atoms with Gasteiger partial charge >= 0.3 is 0 Å². The first-order valence-corrected chi connectivity index (χ1v) is 11.2. The summed E-state index contributed by atoms with van der Waals surface area (Å²) in [5.74, 6) is 1.21. The molecule has 1 aromatic heterocycles. The molecule has 1 amide bonds. The van der Waals surface area contributed by atoms with E-state index in [0.717, 1.165) is 41.9 Å². The van der Waals surface area contributed by atoms with E-state index >= 15 is 0 Å². The molecule has 0 bridgehead atoms. The molecule has 6 heteroatoms. The average Bonchev–Trinajstić information content (AvgIpc) is 3.17. The summed E-state index contributed by atoms with van der Waals surface area (Å²) < 4.78 is 10.4. The smallest absolute Gasteiger partial charge is 0.257 e. The monoisotopic (exact) mass is 435 g/mol. The second-order valence-electron chi connectivity index (χ2n) is 7.52. The predicted octanol–water partition coefficient (Wildman–Crippen LogP) is 5.32. The zero-order chi connectivity index (χ0) is 21.8. The molecule has 0 fully saturated rings. The van der Waals surface area contributed by atoms with E-state index < -0.39 is 0 Å². The van der Waals surface area contributed by atoms with Gasteiger partial charge in [-0.2, -0.15) is 0 Å². The van der Waals surface area contributed by atoms with Gasteiger partial charge in [0.1, 0.15) is 11.5 Å². The third kappa shape index (κ3) is 4.64. The number of hydrogen-bond acceptors (Lipinski definition) is 5. The lowest BCUT2D eigenvalue weighted by molar-refractivity contribution is 0.0993. The van der Waals surface area contributed by atoms with Crippen LogP contribution in [0.3, 0.4) is 0 Å². The van der Waals surface area contributed by atoms with Crippen molar-refractivity contribution in [2.45, 2.75) is 32.1 Å². The van der Waals surface area contributed by atoms with E-state index in [4.69, 9.17) is 9.47 Å². The van der Waals surface area contributed by atoms with E-state index in [0.29, 0.717) is 22.6 Å². The van der Waals surface area contributed by atoms with Gasteiger partial charge in [-0.05, 0) is 67.6 Å². The number of amides is 1. The SMILES string of the molecule is COc1ccc(NC(=O)c2c(CC(=O)c3cccc(OC)c3)sc3c2CCCC3)cc1. The number of methoxy groups -OCH3 is 2. The Morgan fingerprint density at radius 1 is 0.968 bits per heavy atom. The van der Waals surface area contributed by atoms with Crippen LogP contribution in [0.2, 0.25) is 0 Å². The third-order valence-electron chi connectivity index (χ3n) is 5.53. The van der Waals surface area contributed by atoms with Crippen molar-refractivity contribution in [3.63, 3.8) is 0 Å². The molecule has 0 saturated carbocycles. The molecule has 4 rings (SSSR count). The predicted molar refractivity (Wildman–Crippen MR) is 123 cm³/mol. The van der Waals surface area contributed by atoms with Crippen molar-refractivity contribution in [3.8, 4) is 11.5 Å². The number of fused-ring (bicyclic) bond motifs is 1. The highest BCUT2D eigenvalue weighted by atomic mass is 32.1. The first-order chi connectivity index (χ1) is 15.1. The summed E-state index contributed by atoms with van der Waals surface area (Å²) in [5, 5.41) is 3.00. The second-order valence-corrected chi connectivity index (χ2v) is 8.71. The van der Waals surface area contributed by atoms with Crippen molar-refractivity contribution in [2.24, 2.45) is 0 Å². The largest absolute Gasteiger partial charge is 0.497 e. The van der Waals surface area contributed by atoms with Crippen LogP contribution in [0.5, 0.6) is 11.5 Å². The number of aryl methyl sites for hydroxylation is 1. The molecule has 0 spiro atoms.